The average molecular weight is 316 g/mol. The van der Waals surface area contributed by atoms with Gasteiger partial charge in [-0.05, 0) is 55.1 Å². The third-order valence-corrected chi connectivity index (χ3v) is 4.84. The van der Waals surface area contributed by atoms with Crippen molar-refractivity contribution in [3.63, 3.8) is 0 Å². The summed E-state index contributed by atoms with van der Waals surface area (Å²) in [6.45, 7) is 4.44. The Balaban J connectivity index is 2.03. The Bertz CT molecular complexity index is 405. The molecular weight excluding hydrogens is 294 g/mol. The van der Waals surface area contributed by atoms with Gasteiger partial charge in [0, 0.05) is 26.2 Å². The molecule has 1 unspecified atom stereocenters. The van der Waals surface area contributed by atoms with Crippen LogP contribution in [0.2, 0.25) is 0 Å². The van der Waals surface area contributed by atoms with Gasteiger partial charge < -0.3 is 5.11 Å². The number of aliphatic hydroxyl groups is 1. The standard InChI is InChI=1S/C13H22BrN3O/c1-10-13(14)12(16(2)15-10)9-17-7-3-5-11(17)6-4-8-18/h11,18H,3-9H2,1-2H3. The molecule has 1 atom stereocenters. The van der Waals surface area contributed by atoms with Crippen LogP contribution in [0.4, 0.5) is 0 Å². The molecule has 0 aliphatic carbocycles. The Morgan fingerprint density at radius 1 is 1.50 bits per heavy atom. The first-order valence-corrected chi connectivity index (χ1v) is 7.45. The predicted octanol–water partition coefficient (Wildman–Crippen LogP) is 2.23. The minimum Gasteiger partial charge on any atom is -0.396 e. The maximum absolute atomic E-state index is 8.95. The van der Waals surface area contributed by atoms with Crippen molar-refractivity contribution in [1.29, 1.82) is 0 Å². The van der Waals surface area contributed by atoms with E-state index >= 15 is 0 Å². The van der Waals surface area contributed by atoms with E-state index in [1.165, 1.54) is 18.5 Å². The van der Waals surface area contributed by atoms with Crippen molar-refractivity contribution in [3.05, 3.63) is 15.9 Å². The SMILES string of the molecule is Cc1nn(C)c(CN2CCCC2CCCO)c1Br. The number of nitrogens with zero attached hydrogens (tertiary/aromatic N) is 3. The molecule has 1 saturated heterocycles. The zero-order valence-corrected chi connectivity index (χ0v) is 12.8. The topological polar surface area (TPSA) is 41.3 Å². The van der Waals surface area contributed by atoms with Crippen molar-refractivity contribution < 1.29 is 5.11 Å². The van der Waals surface area contributed by atoms with E-state index in [2.05, 4.69) is 25.9 Å². The Morgan fingerprint density at radius 3 is 2.89 bits per heavy atom. The van der Waals surface area contributed by atoms with E-state index < -0.39 is 0 Å². The van der Waals surface area contributed by atoms with Gasteiger partial charge in [0.15, 0.2) is 0 Å². The normalized spacial score (nSPS) is 20.8. The quantitative estimate of drug-likeness (QED) is 0.906. The van der Waals surface area contributed by atoms with Gasteiger partial charge in [-0.25, -0.2) is 0 Å². The first kappa shape index (κ1) is 14.0. The van der Waals surface area contributed by atoms with E-state index in [1.54, 1.807) is 0 Å². The van der Waals surface area contributed by atoms with E-state index in [9.17, 15) is 0 Å². The third kappa shape index (κ3) is 2.95. The number of aliphatic hydroxyl groups excluding tert-OH is 1. The molecule has 0 aromatic carbocycles. The first-order valence-electron chi connectivity index (χ1n) is 6.66. The van der Waals surface area contributed by atoms with Crippen LogP contribution < -0.4 is 0 Å². The van der Waals surface area contributed by atoms with E-state index in [4.69, 9.17) is 5.11 Å². The molecule has 0 amide bonds. The van der Waals surface area contributed by atoms with Crippen LogP contribution in [-0.2, 0) is 13.6 Å². The molecular formula is C13H22BrN3O. The fraction of sp³-hybridized carbons (Fsp3) is 0.769. The first-order chi connectivity index (χ1) is 8.63. The van der Waals surface area contributed by atoms with Crippen LogP contribution >= 0.6 is 15.9 Å². The molecule has 2 heterocycles. The summed E-state index contributed by atoms with van der Waals surface area (Å²) in [5.74, 6) is 0. The number of rotatable bonds is 5. The maximum Gasteiger partial charge on any atom is 0.0739 e. The molecule has 102 valence electrons. The highest BCUT2D eigenvalue weighted by atomic mass is 79.9. The highest BCUT2D eigenvalue weighted by molar-refractivity contribution is 9.10. The van der Waals surface area contributed by atoms with Gasteiger partial charge in [-0.15, -0.1) is 0 Å². The van der Waals surface area contributed by atoms with Gasteiger partial charge in [-0.1, -0.05) is 0 Å². The van der Waals surface area contributed by atoms with Crippen molar-refractivity contribution in [2.24, 2.45) is 7.05 Å². The van der Waals surface area contributed by atoms with Gasteiger partial charge in [-0.3, -0.25) is 9.58 Å². The van der Waals surface area contributed by atoms with E-state index in [0.717, 1.165) is 36.1 Å². The summed E-state index contributed by atoms with van der Waals surface area (Å²) < 4.78 is 3.11. The Labute approximate surface area is 117 Å². The lowest BCUT2D eigenvalue weighted by Gasteiger charge is -2.24. The number of aromatic nitrogens is 2. The van der Waals surface area contributed by atoms with Gasteiger partial charge in [0.25, 0.3) is 0 Å². The van der Waals surface area contributed by atoms with E-state index in [1.807, 2.05) is 18.7 Å². The number of hydrogen-bond donors (Lipinski definition) is 1. The van der Waals surface area contributed by atoms with Crippen LogP contribution in [0, 0.1) is 6.92 Å². The number of halogens is 1. The molecule has 1 N–H and O–H groups in total. The Kier molecular flexibility index (Phi) is 4.81. The van der Waals surface area contributed by atoms with E-state index in [-0.39, 0.29) is 0 Å². The van der Waals surface area contributed by atoms with Crippen LogP contribution in [0.25, 0.3) is 0 Å². The highest BCUT2D eigenvalue weighted by Gasteiger charge is 2.25. The lowest BCUT2D eigenvalue weighted by atomic mass is 10.1. The summed E-state index contributed by atoms with van der Waals surface area (Å²) in [5, 5.41) is 13.4. The maximum atomic E-state index is 8.95. The minimum atomic E-state index is 0.304. The minimum absolute atomic E-state index is 0.304. The second-order valence-corrected chi connectivity index (χ2v) is 5.90. The second-order valence-electron chi connectivity index (χ2n) is 5.10. The molecule has 0 bridgehead atoms. The summed E-state index contributed by atoms with van der Waals surface area (Å²) in [5.41, 5.74) is 2.31. The van der Waals surface area contributed by atoms with Crippen LogP contribution in [-0.4, -0.2) is 39.0 Å². The smallest absolute Gasteiger partial charge is 0.0739 e. The van der Waals surface area contributed by atoms with Crippen LogP contribution in [0.3, 0.4) is 0 Å². The zero-order valence-electron chi connectivity index (χ0n) is 11.2. The van der Waals surface area contributed by atoms with Gasteiger partial charge in [0.2, 0.25) is 0 Å². The van der Waals surface area contributed by atoms with Gasteiger partial charge in [0.1, 0.15) is 0 Å². The molecule has 2 rings (SSSR count). The van der Waals surface area contributed by atoms with Crippen LogP contribution in [0.1, 0.15) is 37.1 Å². The molecule has 1 fully saturated rings. The third-order valence-electron chi connectivity index (χ3n) is 3.81. The molecule has 5 heteroatoms. The summed E-state index contributed by atoms with van der Waals surface area (Å²) in [6, 6.07) is 0.624. The van der Waals surface area contributed by atoms with Crippen molar-refractivity contribution >= 4 is 15.9 Å². The lowest BCUT2D eigenvalue weighted by molar-refractivity contribution is 0.206. The lowest BCUT2D eigenvalue weighted by Crippen LogP contribution is -2.30. The van der Waals surface area contributed by atoms with Crippen molar-refractivity contribution in [1.82, 2.24) is 14.7 Å². The monoisotopic (exact) mass is 315 g/mol. The van der Waals surface area contributed by atoms with Crippen LogP contribution in [0.15, 0.2) is 4.47 Å². The largest absolute Gasteiger partial charge is 0.396 e. The predicted molar refractivity (Wildman–Crippen MR) is 75.4 cm³/mol. The molecule has 18 heavy (non-hydrogen) atoms. The molecule has 0 radical (unpaired) electrons. The average Bonchev–Trinajstić information content (AvgIpc) is 2.87. The van der Waals surface area contributed by atoms with Crippen LogP contribution in [0.5, 0.6) is 0 Å². The number of hydrogen-bond acceptors (Lipinski definition) is 3. The molecule has 1 aliphatic heterocycles. The van der Waals surface area contributed by atoms with Crippen molar-refractivity contribution in [2.45, 2.75) is 45.2 Å². The van der Waals surface area contributed by atoms with Crippen molar-refractivity contribution in [2.75, 3.05) is 13.2 Å². The van der Waals surface area contributed by atoms with Gasteiger partial charge in [-0.2, -0.15) is 5.10 Å². The second kappa shape index (κ2) is 6.17. The highest BCUT2D eigenvalue weighted by Crippen LogP contribution is 2.27. The fourth-order valence-corrected chi connectivity index (χ4v) is 3.26. The number of aryl methyl sites for hydroxylation is 2. The van der Waals surface area contributed by atoms with Gasteiger partial charge in [0.05, 0.1) is 15.9 Å². The summed E-state index contributed by atoms with van der Waals surface area (Å²) >= 11 is 3.63. The molecule has 0 spiro atoms. The summed E-state index contributed by atoms with van der Waals surface area (Å²) in [7, 11) is 2.01. The fourth-order valence-electron chi connectivity index (χ4n) is 2.80. The molecule has 1 aromatic heterocycles. The summed E-state index contributed by atoms with van der Waals surface area (Å²) in [6.07, 6.45) is 4.54. The zero-order chi connectivity index (χ0) is 13.1. The molecule has 1 aromatic rings. The van der Waals surface area contributed by atoms with Gasteiger partial charge >= 0.3 is 0 Å². The molecule has 0 saturated carbocycles. The molecule has 4 nitrogen and oxygen atoms in total. The Morgan fingerprint density at radius 2 is 2.28 bits per heavy atom. The molecule has 1 aliphatic rings. The summed E-state index contributed by atoms with van der Waals surface area (Å²) in [4.78, 5) is 2.52. The Hall–Kier alpha value is -0.390. The number of likely N-dealkylation sites (tertiary alicyclic amines) is 1. The van der Waals surface area contributed by atoms with E-state index in [0.29, 0.717) is 12.6 Å². The van der Waals surface area contributed by atoms with Crippen molar-refractivity contribution in [3.8, 4) is 0 Å².